The molecule has 0 aliphatic carbocycles. The Morgan fingerprint density at radius 3 is 1.67 bits per heavy atom. The van der Waals surface area contributed by atoms with E-state index in [0.29, 0.717) is 0 Å². The molecule has 0 spiro atoms. The summed E-state index contributed by atoms with van der Waals surface area (Å²) in [7, 11) is 0. The third-order valence-electron chi connectivity index (χ3n) is 4.59. The average Bonchev–Trinajstić information content (AvgIpc) is 2.63. The van der Waals surface area contributed by atoms with E-state index < -0.39 is 0 Å². The molecule has 1 heterocycles. The van der Waals surface area contributed by atoms with Gasteiger partial charge in [-0.05, 0) is 44.4 Å². The van der Waals surface area contributed by atoms with Gasteiger partial charge in [0, 0.05) is 16.8 Å². The number of pyridine rings is 1. The van der Waals surface area contributed by atoms with Crippen molar-refractivity contribution in [2.45, 2.75) is 27.7 Å². The van der Waals surface area contributed by atoms with Crippen LogP contribution in [-0.2, 0) is 0 Å². The van der Waals surface area contributed by atoms with Crippen LogP contribution in [0.1, 0.15) is 33.5 Å². The molecule has 0 aliphatic rings. The summed E-state index contributed by atoms with van der Waals surface area (Å²) in [6.07, 6.45) is 0. The molecule has 0 bridgehead atoms. The average molecular weight is 314 g/mol. The molecule has 0 fully saturated rings. The van der Waals surface area contributed by atoms with E-state index in [0.717, 1.165) is 33.9 Å². The SMILES string of the molecule is Cc1nc(N=C(c2ccccc2)c2ccccc2)c(C)c(C)c1C. The number of benzene rings is 2. The van der Waals surface area contributed by atoms with Crippen LogP contribution < -0.4 is 0 Å². The Labute approximate surface area is 143 Å². The van der Waals surface area contributed by atoms with Crippen LogP contribution >= 0.6 is 0 Å². The summed E-state index contributed by atoms with van der Waals surface area (Å²) >= 11 is 0. The van der Waals surface area contributed by atoms with E-state index in [2.05, 4.69) is 45.0 Å². The van der Waals surface area contributed by atoms with E-state index in [4.69, 9.17) is 9.98 Å². The van der Waals surface area contributed by atoms with E-state index in [1.807, 2.05) is 43.3 Å². The predicted octanol–water partition coefficient (Wildman–Crippen LogP) is 5.48. The molecular formula is C22H22N2. The van der Waals surface area contributed by atoms with Gasteiger partial charge in [-0.1, -0.05) is 60.7 Å². The van der Waals surface area contributed by atoms with E-state index in [-0.39, 0.29) is 0 Å². The summed E-state index contributed by atoms with van der Waals surface area (Å²) in [5.74, 6) is 0.804. The molecule has 0 amide bonds. The first-order chi connectivity index (χ1) is 11.6. The molecule has 120 valence electrons. The molecule has 0 radical (unpaired) electrons. The monoisotopic (exact) mass is 314 g/mol. The molecular weight excluding hydrogens is 292 g/mol. The first kappa shape index (κ1) is 16.1. The van der Waals surface area contributed by atoms with E-state index >= 15 is 0 Å². The van der Waals surface area contributed by atoms with Crippen molar-refractivity contribution in [3.8, 4) is 0 Å². The molecule has 2 nitrogen and oxygen atoms in total. The highest BCUT2D eigenvalue weighted by Crippen LogP contribution is 2.26. The summed E-state index contributed by atoms with van der Waals surface area (Å²) < 4.78 is 0. The van der Waals surface area contributed by atoms with E-state index in [9.17, 15) is 0 Å². The van der Waals surface area contributed by atoms with Crippen LogP contribution in [0.25, 0.3) is 0 Å². The lowest BCUT2D eigenvalue weighted by atomic mass is 10.0. The van der Waals surface area contributed by atoms with Crippen LogP contribution in [0.4, 0.5) is 5.82 Å². The van der Waals surface area contributed by atoms with Crippen molar-refractivity contribution in [3.63, 3.8) is 0 Å². The highest BCUT2D eigenvalue weighted by atomic mass is 14.9. The largest absolute Gasteiger partial charge is 0.233 e. The predicted molar refractivity (Wildman–Crippen MR) is 101 cm³/mol. The molecule has 0 aliphatic heterocycles. The standard InChI is InChI=1S/C22H22N2/c1-15-16(2)18(4)23-22(17(15)3)24-21(19-11-7-5-8-12-19)20-13-9-6-10-14-20/h5-14H,1-4H3. The third-order valence-corrected chi connectivity index (χ3v) is 4.59. The second kappa shape index (κ2) is 6.79. The maximum atomic E-state index is 4.97. The fourth-order valence-corrected chi connectivity index (χ4v) is 2.75. The first-order valence-electron chi connectivity index (χ1n) is 8.22. The summed E-state index contributed by atoms with van der Waals surface area (Å²) in [6.45, 7) is 8.41. The molecule has 1 aromatic heterocycles. The molecule has 3 rings (SSSR count). The number of aromatic nitrogens is 1. The Morgan fingerprint density at radius 2 is 1.17 bits per heavy atom. The fourth-order valence-electron chi connectivity index (χ4n) is 2.75. The number of hydrogen-bond acceptors (Lipinski definition) is 2. The van der Waals surface area contributed by atoms with Crippen molar-refractivity contribution in [3.05, 3.63) is 94.2 Å². The van der Waals surface area contributed by atoms with Crippen molar-refractivity contribution in [1.82, 2.24) is 4.98 Å². The Bertz CT molecular complexity index is 837. The maximum absolute atomic E-state index is 4.97. The lowest BCUT2D eigenvalue weighted by molar-refractivity contribution is 1.08. The van der Waals surface area contributed by atoms with E-state index in [1.54, 1.807) is 0 Å². The van der Waals surface area contributed by atoms with Gasteiger partial charge in [0.2, 0.25) is 0 Å². The quantitative estimate of drug-likeness (QED) is 0.587. The van der Waals surface area contributed by atoms with Gasteiger partial charge in [-0.15, -0.1) is 0 Å². The molecule has 3 aromatic rings. The molecule has 24 heavy (non-hydrogen) atoms. The summed E-state index contributed by atoms with van der Waals surface area (Å²) in [6, 6.07) is 20.6. The van der Waals surface area contributed by atoms with Gasteiger partial charge in [0.15, 0.2) is 5.82 Å². The number of hydrogen-bond donors (Lipinski definition) is 0. The van der Waals surface area contributed by atoms with Crippen molar-refractivity contribution >= 4 is 11.5 Å². The van der Waals surface area contributed by atoms with Gasteiger partial charge in [0.05, 0.1) is 5.71 Å². The lowest BCUT2D eigenvalue weighted by Crippen LogP contribution is -2.04. The Morgan fingerprint density at radius 1 is 0.667 bits per heavy atom. The molecule has 0 saturated heterocycles. The highest BCUT2D eigenvalue weighted by molar-refractivity contribution is 6.13. The number of aliphatic imine (C=N–C) groups is 1. The lowest BCUT2D eigenvalue weighted by Gasteiger charge is -2.12. The minimum absolute atomic E-state index is 0.804. The van der Waals surface area contributed by atoms with Gasteiger partial charge in [-0.3, -0.25) is 0 Å². The zero-order valence-electron chi connectivity index (χ0n) is 14.7. The molecule has 0 unspecified atom stereocenters. The summed E-state index contributed by atoms with van der Waals surface area (Å²) in [5, 5.41) is 0. The zero-order valence-corrected chi connectivity index (χ0v) is 14.7. The van der Waals surface area contributed by atoms with Crippen molar-refractivity contribution < 1.29 is 0 Å². The zero-order chi connectivity index (χ0) is 17.1. The van der Waals surface area contributed by atoms with Gasteiger partial charge in [-0.25, -0.2) is 9.98 Å². The molecule has 0 saturated carbocycles. The van der Waals surface area contributed by atoms with Gasteiger partial charge >= 0.3 is 0 Å². The minimum atomic E-state index is 0.804. The molecule has 0 N–H and O–H groups in total. The van der Waals surface area contributed by atoms with Gasteiger partial charge in [-0.2, -0.15) is 0 Å². The highest BCUT2D eigenvalue weighted by Gasteiger charge is 2.12. The van der Waals surface area contributed by atoms with Crippen LogP contribution in [0.3, 0.4) is 0 Å². The minimum Gasteiger partial charge on any atom is -0.233 e. The van der Waals surface area contributed by atoms with Crippen LogP contribution in [0.2, 0.25) is 0 Å². The second-order valence-electron chi connectivity index (χ2n) is 6.09. The third kappa shape index (κ3) is 3.13. The summed E-state index contributed by atoms with van der Waals surface area (Å²) in [4.78, 5) is 9.70. The molecule has 0 atom stereocenters. The normalized spacial score (nSPS) is 10.5. The number of nitrogens with zero attached hydrogens (tertiary/aromatic N) is 2. The van der Waals surface area contributed by atoms with Crippen molar-refractivity contribution in [2.75, 3.05) is 0 Å². The Hall–Kier alpha value is -2.74. The smallest absolute Gasteiger partial charge is 0.155 e. The fraction of sp³-hybridized carbons (Fsp3) is 0.182. The van der Waals surface area contributed by atoms with Crippen LogP contribution in [0.5, 0.6) is 0 Å². The topological polar surface area (TPSA) is 25.2 Å². The Balaban J connectivity index is 2.22. The number of aryl methyl sites for hydroxylation is 1. The molecule has 2 heteroatoms. The van der Waals surface area contributed by atoms with Gasteiger partial charge in [0.25, 0.3) is 0 Å². The van der Waals surface area contributed by atoms with Crippen LogP contribution in [-0.4, -0.2) is 10.7 Å². The summed E-state index contributed by atoms with van der Waals surface area (Å²) in [5.41, 5.74) is 7.84. The van der Waals surface area contributed by atoms with E-state index in [1.165, 1.54) is 11.1 Å². The number of rotatable bonds is 3. The second-order valence-corrected chi connectivity index (χ2v) is 6.09. The first-order valence-corrected chi connectivity index (χ1v) is 8.22. The Kier molecular flexibility index (Phi) is 4.57. The van der Waals surface area contributed by atoms with Gasteiger partial charge < -0.3 is 0 Å². The molecule has 2 aromatic carbocycles. The van der Waals surface area contributed by atoms with Crippen LogP contribution in [0, 0.1) is 27.7 Å². The van der Waals surface area contributed by atoms with Gasteiger partial charge in [0.1, 0.15) is 0 Å². The van der Waals surface area contributed by atoms with Crippen molar-refractivity contribution in [2.24, 2.45) is 4.99 Å². The maximum Gasteiger partial charge on any atom is 0.155 e. The van der Waals surface area contributed by atoms with Crippen molar-refractivity contribution in [1.29, 1.82) is 0 Å². The van der Waals surface area contributed by atoms with Crippen LogP contribution in [0.15, 0.2) is 65.7 Å².